The number of unbranched alkanes of at least 4 members (excludes halogenated alkanes) is 14. The molecule has 0 aromatic carbocycles. The van der Waals surface area contributed by atoms with E-state index in [9.17, 15) is 0 Å². The van der Waals surface area contributed by atoms with Crippen molar-refractivity contribution in [2.75, 3.05) is 0 Å². The van der Waals surface area contributed by atoms with Crippen LogP contribution in [0.15, 0.2) is 0 Å². The van der Waals surface area contributed by atoms with Crippen LogP contribution >= 0.6 is 0 Å². The molecule has 0 aliphatic rings. The van der Waals surface area contributed by atoms with Crippen molar-refractivity contribution in [2.45, 2.75) is 367 Å². The van der Waals surface area contributed by atoms with Crippen molar-refractivity contribution in [2.24, 2.45) is 55.2 Å². The summed E-state index contributed by atoms with van der Waals surface area (Å²) in [6.07, 6.45) is 38.0. The summed E-state index contributed by atoms with van der Waals surface area (Å²) in [6.45, 7) is 65.1. The number of hydrogen-bond donors (Lipinski definition) is 0. The molecule has 0 bridgehead atoms. The molecule has 0 unspecified atom stereocenters. The maximum absolute atomic E-state index is 2.34. The first kappa shape index (κ1) is 74.0. The summed E-state index contributed by atoms with van der Waals surface area (Å²) in [6, 6.07) is 0. The first-order chi connectivity index (χ1) is 29.0. The summed E-state index contributed by atoms with van der Waals surface area (Å²) < 4.78 is 0. The molecule has 0 heterocycles. The molecule has 0 spiro atoms. The van der Waals surface area contributed by atoms with Crippen LogP contribution in [0, 0.1) is 55.2 Å². The quantitative estimate of drug-likeness (QED) is 0.0847. The van der Waals surface area contributed by atoms with E-state index in [1.807, 2.05) is 0 Å². The Labute approximate surface area is 420 Å². The molecule has 0 radical (unpaired) electrons. The van der Waals surface area contributed by atoms with Gasteiger partial charge in [-0.3, -0.25) is 0 Å². The van der Waals surface area contributed by atoms with Crippen molar-refractivity contribution in [1.29, 1.82) is 0 Å². The van der Waals surface area contributed by atoms with Crippen LogP contribution in [-0.4, -0.2) is 0 Å². The summed E-state index contributed by atoms with van der Waals surface area (Å²) in [4.78, 5) is 0. The SMILES string of the molecule is CC(C)(C)CCCCCC(C)(C)C.CC(C)(C)CCCCCCC(C)(C)C.CC(C)(C)CCCCCCCC(C)(C)C.CC(C)(C)CCCCCCCCC(C)(C)C.CC(C)CC(C)C. The van der Waals surface area contributed by atoms with Gasteiger partial charge >= 0.3 is 0 Å². The van der Waals surface area contributed by atoms with Crippen molar-refractivity contribution >= 4 is 0 Å². The lowest BCUT2D eigenvalue weighted by Crippen LogP contribution is -2.06. The van der Waals surface area contributed by atoms with E-state index in [0.717, 1.165) is 11.8 Å². The first-order valence-corrected chi connectivity index (χ1v) is 29.0. The first-order valence-electron chi connectivity index (χ1n) is 29.0. The van der Waals surface area contributed by atoms with Crippen molar-refractivity contribution in [1.82, 2.24) is 0 Å². The van der Waals surface area contributed by atoms with Gasteiger partial charge in [-0.05, 0) is 113 Å². The lowest BCUT2D eigenvalue weighted by Gasteiger charge is -2.20. The maximum atomic E-state index is 2.34. The third-order valence-electron chi connectivity index (χ3n) is 11.9. The lowest BCUT2D eigenvalue weighted by molar-refractivity contribution is 0.330. The second-order valence-corrected chi connectivity index (χ2v) is 31.9. The van der Waals surface area contributed by atoms with E-state index in [4.69, 9.17) is 0 Å². The Morgan fingerprint density at radius 3 is 0.338 bits per heavy atom. The van der Waals surface area contributed by atoms with Crippen LogP contribution in [-0.2, 0) is 0 Å². The average Bonchev–Trinajstić information content (AvgIpc) is 3.03. The van der Waals surface area contributed by atoms with Gasteiger partial charge in [0.25, 0.3) is 0 Å². The fraction of sp³-hybridized carbons (Fsp3) is 1.00. The number of rotatable bonds is 24. The molecule has 0 atom stereocenters. The molecule has 0 amide bonds. The zero-order chi connectivity index (χ0) is 52.2. The van der Waals surface area contributed by atoms with Crippen LogP contribution in [0.25, 0.3) is 0 Å². The average molecular weight is 922 g/mol. The van der Waals surface area contributed by atoms with Crippen LogP contribution in [0.4, 0.5) is 0 Å². The summed E-state index contributed by atoms with van der Waals surface area (Å²) in [5.74, 6) is 1.75. The molecule has 0 N–H and O–H groups in total. The molecule has 0 fully saturated rings. The Balaban J connectivity index is -0.000000235. The van der Waals surface area contributed by atoms with E-state index in [1.165, 1.54) is 173 Å². The van der Waals surface area contributed by atoms with E-state index in [0.29, 0.717) is 43.3 Å². The molecule has 0 rings (SSSR count). The lowest BCUT2D eigenvalue weighted by atomic mass is 9.86. The summed E-state index contributed by atoms with van der Waals surface area (Å²) in [5.41, 5.74) is 4.26. The van der Waals surface area contributed by atoms with E-state index in [2.05, 4.69) is 194 Å². The van der Waals surface area contributed by atoms with E-state index in [-0.39, 0.29) is 0 Å². The maximum Gasteiger partial charge on any atom is -0.0383 e. The highest BCUT2D eigenvalue weighted by Gasteiger charge is 2.14. The summed E-state index contributed by atoms with van der Waals surface area (Å²) in [7, 11) is 0. The number of hydrogen-bond acceptors (Lipinski definition) is 0. The molecule has 0 aliphatic heterocycles. The molecule has 0 aliphatic carbocycles. The third-order valence-corrected chi connectivity index (χ3v) is 11.9. The van der Waals surface area contributed by atoms with Gasteiger partial charge in [-0.2, -0.15) is 0 Å². The van der Waals surface area contributed by atoms with Gasteiger partial charge in [0.05, 0.1) is 0 Å². The second-order valence-electron chi connectivity index (χ2n) is 31.9. The second kappa shape index (κ2) is 38.7. The van der Waals surface area contributed by atoms with Crippen molar-refractivity contribution < 1.29 is 0 Å². The standard InChI is InChI=1S/C16H34.C15H32.C14H30.C13H28.C7H16/c1-15(2,3)13-11-9-7-8-10-12-14-16(4,5)6;1-14(2,3)12-10-8-7-9-11-13-15(4,5)6;1-13(2,3)11-9-7-8-10-12-14(4,5)6;1-12(2,3)10-8-7-9-11-13(4,5)6;1-6(2)5-7(3)4/h7-14H2,1-6H3;7-13H2,1-6H3;7-12H2,1-6H3;7-11H2,1-6H3;6-7H,5H2,1-4H3. The molecule has 0 heteroatoms. The van der Waals surface area contributed by atoms with E-state index < -0.39 is 0 Å². The fourth-order valence-electron chi connectivity index (χ4n) is 7.95. The van der Waals surface area contributed by atoms with Crippen LogP contribution in [0.3, 0.4) is 0 Å². The van der Waals surface area contributed by atoms with Gasteiger partial charge in [-0.15, -0.1) is 0 Å². The monoisotopic (exact) mass is 921 g/mol. The highest BCUT2D eigenvalue weighted by atomic mass is 14.2. The molecule has 0 saturated carbocycles. The Bertz CT molecular complexity index is 869. The predicted octanol–water partition coefficient (Wildman–Crippen LogP) is 25.1. The predicted molar refractivity (Wildman–Crippen MR) is 310 cm³/mol. The highest BCUT2D eigenvalue weighted by molar-refractivity contribution is 4.67. The minimum Gasteiger partial charge on any atom is -0.0628 e. The summed E-state index contributed by atoms with van der Waals surface area (Å²) in [5, 5.41) is 0. The van der Waals surface area contributed by atoms with Crippen LogP contribution in [0.2, 0.25) is 0 Å². The zero-order valence-corrected chi connectivity index (χ0v) is 52.2. The normalized spacial score (nSPS) is 13.0. The van der Waals surface area contributed by atoms with Crippen LogP contribution in [0.5, 0.6) is 0 Å². The third kappa shape index (κ3) is 98.4. The van der Waals surface area contributed by atoms with Gasteiger partial charge < -0.3 is 0 Å². The fourth-order valence-corrected chi connectivity index (χ4v) is 7.95. The van der Waals surface area contributed by atoms with E-state index in [1.54, 1.807) is 0 Å². The Hall–Kier alpha value is 0. The van der Waals surface area contributed by atoms with Crippen molar-refractivity contribution in [3.63, 3.8) is 0 Å². The van der Waals surface area contributed by atoms with Gasteiger partial charge in [-0.1, -0.05) is 309 Å². The molecule has 0 aromatic heterocycles. The van der Waals surface area contributed by atoms with Crippen molar-refractivity contribution in [3.05, 3.63) is 0 Å². The molecular formula is C65H140. The van der Waals surface area contributed by atoms with Gasteiger partial charge in [0.2, 0.25) is 0 Å². The molecule has 0 saturated heterocycles. The van der Waals surface area contributed by atoms with Gasteiger partial charge in [0.1, 0.15) is 0 Å². The summed E-state index contributed by atoms with van der Waals surface area (Å²) >= 11 is 0. The minimum atomic E-state index is 0.529. The zero-order valence-electron chi connectivity index (χ0n) is 52.2. The Kier molecular flexibility index (Phi) is 44.1. The van der Waals surface area contributed by atoms with Crippen LogP contribution in [0.1, 0.15) is 367 Å². The smallest absolute Gasteiger partial charge is 0.0383 e. The molecule has 400 valence electrons. The molecule has 0 nitrogen and oxygen atoms in total. The molecule has 65 heavy (non-hydrogen) atoms. The Morgan fingerprint density at radius 1 is 0.169 bits per heavy atom. The Morgan fingerprint density at radius 2 is 0.262 bits per heavy atom. The largest absolute Gasteiger partial charge is 0.0628 e. The minimum absolute atomic E-state index is 0.529. The van der Waals surface area contributed by atoms with E-state index >= 15 is 0 Å². The van der Waals surface area contributed by atoms with Gasteiger partial charge in [0.15, 0.2) is 0 Å². The van der Waals surface area contributed by atoms with Crippen molar-refractivity contribution in [3.8, 4) is 0 Å². The molecule has 0 aromatic rings. The molecular weight excluding hydrogens is 781 g/mol. The van der Waals surface area contributed by atoms with Gasteiger partial charge in [-0.25, -0.2) is 0 Å². The topological polar surface area (TPSA) is 0 Å². The van der Waals surface area contributed by atoms with Gasteiger partial charge in [0, 0.05) is 0 Å². The highest BCUT2D eigenvalue weighted by Crippen LogP contribution is 2.29. The van der Waals surface area contributed by atoms with Crippen LogP contribution < -0.4 is 0 Å².